The van der Waals surface area contributed by atoms with Gasteiger partial charge in [0.15, 0.2) is 0 Å². The minimum absolute atomic E-state index is 0. The van der Waals surface area contributed by atoms with Gasteiger partial charge in [-0.05, 0) is 19.0 Å². The first-order valence-electron chi connectivity index (χ1n) is 6.38. The standard InChI is InChI=1S/C14H22N2OS.ClH/c1-3-15-9-10-16-14(17)12(2)18-11-13-7-5-4-6-8-13;/h4-8,12,15H,3,9-11H2,1-2H3,(H,16,17);1H. The van der Waals surface area contributed by atoms with Crippen LogP contribution in [-0.4, -0.2) is 30.8 Å². The fourth-order valence-electron chi connectivity index (χ4n) is 1.47. The molecule has 2 N–H and O–H groups in total. The second-order valence-electron chi connectivity index (χ2n) is 4.08. The van der Waals surface area contributed by atoms with Crippen LogP contribution in [0.3, 0.4) is 0 Å². The summed E-state index contributed by atoms with van der Waals surface area (Å²) in [6.07, 6.45) is 0. The summed E-state index contributed by atoms with van der Waals surface area (Å²) in [6, 6.07) is 10.2. The molecule has 0 bridgehead atoms. The van der Waals surface area contributed by atoms with Crippen LogP contribution in [0.25, 0.3) is 0 Å². The Hall–Kier alpha value is -0.710. The summed E-state index contributed by atoms with van der Waals surface area (Å²) < 4.78 is 0. The third-order valence-corrected chi connectivity index (χ3v) is 3.78. The van der Waals surface area contributed by atoms with Gasteiger partial charge in [0.1, 0.15) is 0 Å². The van der Waals surface area contributed by atoms with E-state index >= 15 is 0 Å². The number of carbonyl (C=O) groups is 1. The number of amides is 1. The van der Waals surface area contributed by atoms with Crippen LogP contribution in [0.4, 0.5) is 0 Å². The second-order valence-corrected chi connectivity index (χ2v) is 5.41. The smallest absolute Gasteiger partial charge is 0.232 e. The maximum atomic E-state index is 11.8. The van der Waals surface area contributed by atoms with E-state index in [0.717, 1.165) is 18.8 Å². The van der Waals surface area contributed by atoms with Crippen LogP contribution < -0.4 is 10.6 Å². The first-order valence-corrected chi connectivity index (χ1v) is 7.43. The zero-order valence-electron chi connectivity index (χ0n) is 11.5. The van der Waals surface area contributed by atoms with Crippen LogP contribution >= 0.6 is 24.2 Å². The van der Waals surface area contributed by atoms with E-state index in [9.17, 15) is 4.79 Å². The number of halogens is 1. The molecule has 0 fully saturated rings. The largest absolute Gasteiger partial charge is 0.354 e. The molecule has 0 radical (unpaired) electrons. The minimum Gasteiger partial charge on any atom is -0.354 e. The van der Waals surface area contributed by atoms with Gasteiger partial charge < -0.3 is 10.6 Å². The molecule has 5 heteroatoms. The summed E-state index contributed by atoms with van der Waals surface area (Å²) in [6.45, 7) is 6.48. The molecule has 0 saturated heterocycles. The van der Waals surface area contributed by atoms with Crippen molar-refractivity contribution in [3.8, 4) is 0 Å². The first kappa shape index (κ1) is 18.3. The molecule has 1 aromatic rings. The normalized spacial score (nSPS) is 11.5. The molecule has 0 aromatic heterocycles. The Morgan fingerprint density at radius 1 is 1.26 bits per heavy atom. The highest BCUT2D eigenvalue weighted by Crippen LogP contribution is 2.17. The number of thioether (sulfide) groups is 1. The lowest BCUT2D eigenvalue weighted by Gasteiger charge is -2.12. The fraction of sp³-hybridized carbons (Fsp3) is 0.500. The third-order valence-electron chi connectivity index (χ3n) is 2.56. The number of nitrogens with one attached hydrogen (secondary N) is 2. The zero-order chi connectivity index (χ0) is 13.2. The first-order chi connectivity index (χ1) is 8.74. The summed E-state index contributed by atoms with van der Waals surface area (Å²) in [5.74, 6) is 0.997. The van der Waals surface area contributed by atoms with Crippen molar-refractivity contribution >= 4 is 30.1 Å². The molecule has 0 heterocycles. The Bertz CT molecular complexity index is 349. The molecule has 1 aromatic carbocycles. The summed E-state index contributed by atoms with van der Waals surface area (Å²) in [5.41, 5.74) is 1.26. The van der Waals surface area contributed by atoms with Crippen molar-refractivity contribution in [2.75, 3.05) is 19.6 Å². The Balaban J connectivity index is 0.00000324. The average molecular weight is 303 g/mol. The molecule has 108 valence electrons. The average Bonchev–Trinajstić information content (AvgIpc) is 2.42. The van der Waals surface area contributed by atoms with Crippen molar-refractivity contribution < 1.29 is 4.79 Å². The van der Waals surface area contributed by atoms with E-state index in [0.29, 0.717) is 6.54 Å². The lowest BCUT2D eigenvalue weighted by Crippen LogP contribution is -2.36. The van der Waals surface area contributed by atoms with E-state index < -0.39 is 0 Å². The molecule has 1 amide bonds. The SMILES string of the molecule is CCNCCNC(=O)C(C)SCc1ccccc1.Cl. The molecule has 1 atom stereocenters. The highest BCUT2D eigenvalue weighted by molar-refractivity contribution is 7.99. The van der Waals surface area contributed by atoms with Crippen LogP contribution in [-0.2, 0) is 10.5 Å². The molecule has 1 rings (SSSR count). The molecule has 0 saturated carbocycles. The highest BCUT2D eigenvalue weighted by Gasteiger charge is 2.12. The maximum Gasteiger partial charge on any atom is 0.232 e. The van der Waals surface area contributed by atoms with Gasteiger partial charge in [0.25, 0.3) is 0 Å². The molecule has 0 aliphatic rings. The predicted octanol–water partition coefficient (Wildman–Crippen LogP) is 2.46. The summed E-state index contributed by atoms with van der Waals surface area (Å²) in [7, 11) is 0. The highest BCUT2D eigenvalue weighted by atomic mass is 35.5. The molecule has 19 heavy (non-hydrogen) atoms. The molecule has 0 aliphatic carbocycles. The van der Waals surface area contributed by atoms with E-state index in [2.05, 4.69) is 29.7 Å². The van der Waals surface area contributed by atoms with E-state index in [1.165, 1.54) is 5.56 Å². The van der Waals surface area contributed by atoms with Gasteiger partial charge in [0.2, 0.25) is 5.91 Å². The predicted molar refractivity (Wildman–Crippen MR) is 86.0 cm³/mol. The third kappa shape index (κ3) is 8.14. The molecule has 1 unspecified atom stereocenters. The molecule has 0 aliphatic heterocycles. The van der Waals surface area contributed by atoms with Gasteiger partial charge >= 0.3 is 0 Å². The van der Waals surface area contributed by atoms with Gasteiger partial charge in [0, 0.05) is 18.8 Å². The number of carbonyl (C=O) groups excluding carboxylic acids is 1. The van der Waals surface area contributed by atoms with Crippen molar-refractivity contribution in [1.29, 1.82) is 0 Å². The summed E-state index contributed by atoms with van der Waals surface area (Å²) >= 11 is 1.67. The van der Waals surface area contributed by atoms with Crippen molar-refractivity contribution in [3.63, 3.8) is 0 Å². The van der Waals surface area contributed by atoms with Crippen LogP contribution in [0.15, 0.2) is 30.3 Å². The number of benzene rings is 1. The van der Waals surface area contributed by atoms with Gasteiger partial charge in [-0.2, -0.15) is 0 Å². The van der Waals surface area contributed by atoms with Crippen LogP contribution in [0, 0.1) is 0 Å². The van der Waals surface area contributed by atoms with Crippen molar-refractivity contribution in [3.05, 3.63) is 35.9 Å². The lowest BCUT2D eigenvalue weighted by molar-refractivity contribution is -0.120. The molecular weight excluding hydrogens is 280 g/mol. The Labute approximate surface area is 126 Å². The minimum atomic E-state index is -0.00756. The van der Waals surface area contributed by atoms with E-state index in [-0.39, 0.29) is 23.6 Å². The Kier molecular flexibility index (Phi) is 10.7. The van der Waals surface area contributed by atoms with Crippen molar-refractivity contribution in [2.45, 2.75) is 24.9 Å². The molecule has 3 nitrogen and oxygen atoms in total. The zero-order valence-corrected chi connectivity index (χ0v) is 13.2. The summed E-state index contributed by atoms with van der Waals surface area (Å²) in [4.78, 5) is 11.8. The fourth-order valence-corrected chi connectivity index (χ4v) is 2.34. The number of hydrogen-bond acceptors (Lipinski definition) is 3. The topological polar surface area (TPSA) is 41.1 Å². The van der Waals surface area contributed by atoms with E-state index in [1.54, 1.807) is 11.8 Å². The van der Waals surface area contributed by atoms with Gasteiger partial charge in [-0.15, -0.1) is 24.2 Å². The summed E-state index contributed by atoms with van der Waals surface area (Å²) in [5, 5.41) is 6.10. The maximum absolute atomic E-state index is 11.8. The Morgan fingerprint density at radius 3 is 2.58 bits per heavy atom. The monoisotopic (exact) mass is 302 g/mol. The van der Waals surface area contributed by atoms with Gasteiger partial charge in [-0.25, -0.2) is 0 Å². The van der Waals surface area contributed by atoms with Crippen molar-refractivity contribution in [2.24, 2.45) is 0 Å². The number of hydrogen-bond donors (Lipinski definition) is 2. The van der Waals surface area contributed by atoms with E-state index in [1.807, 2.05) is 25.1 Å². The van der Waals surface area contributed by atoms with Crippen LogP contribution in [0.2, 0.25) is 0 Å². The van der Waals surface area contributed by atoms with Crippen molar-refractivity contribution in [1.82, 2.24) is 10.6 Å². The molecule has 0 spiro atoms. The van der Waals surface area contributed by atoms with E-state index in [4.69, 9.17) is 0 Å². The van der Waals surface area contributed by atoms with Gasteiger partial charge in [-0.3, -0.25) is 4.79 Å². The van der Waals surface area contributed by atoms with Crippen LogP contribution in [0.1, 0.15) is 19.4 Å². The Morgan fingerprint density at radius 2 is 1.95 bits per heavy atom. The lowest BCUT2D eigenvalue weighted by atomic mass is 10.2. The number of rotatable bonds is 8. The van der Waals surface area contributed by atoms with Gasteiger partial charge in [-0.1, -0.05) is 37.3 Å². The quantitative estimate of drug-likeness (QED) is 0.725. The number of likely N-dealkylation sites (N-methyl/N-ethyl adjacent to an activating group) is 1. The molecular formula is C14H23ClN2OS. The second kappa shape index (κ2) is 11.1. The van der Waals surface area contributed by atoms with Gasteiger partial charge in [0.05, 0.1) is 5.25 Å². The van der Waals surface area contributed by atoms with Crippen LogP contribution in [0.5, 0.6) is 0 Å².